The number of rotatable bonds is 4. The first-order chi connectivity index (χ1) is 10.7. The van der Waals surface area contributed by atoms with Gasteiger partial charge in [0.1, 0.15) is 0 Å². The second kappa shape index (κ2) is 6.65. The molecule has 1 unspecified atom stereocenters. The smallest absolute Gasteiger partial charge is 0.219 e. The van der Waals surface area contributed by atoms with Crippen LogP contribution in [0.5, 0.6) is 5.88 Å². The van der Waals surface area contributed by atoms with Gasteiger partial charge < -0.3 is 14.4 Å². The molecule has 0 aliphatic carbocycles. The Hall–Kier alpha value is -1.62. The number of aromatic nitrogens is 1. The average molecular weight is 304 g/mol. The summed E-state index contributed by atoms with van der Waals surface area (Å²) < 4.78 is 11.8. The number of amides is 1. The van der Waals surface area contributed by atoms with Crippen LogP contribution in [-0.2, 0) is 9.53 Å². The topological polar surface area (TPSA) is 51.7 Å². The molecule has 0 aromatic carbocycles. The third-order valence-corrected chi connectivity index (χ3v) is 5.01. The van der Waals surface area contributed by atoms with Crippen molar-refractivity contribution in [2.24, 2.45) is 5.92 Å². The Labute approximate surface area is 131 Å². The van der Waals surface area contributed by atoms with E-state index in [-0.39, 0.29) is 11.5 Å². The molecule has 2 aliphatic rings. The molecule has 1 aromatic heterocycles. The van der Waals surface area contributed by atoms with Crippen molar-refractivity contribution in [2.45, 2.75) is 38.2 Å². The third-order valence-electron chi connectivity index (χ3n) is 5.01. The summed E-state index contributed by atoms with van der Waals surface area (Å²) in [6, 6.07) is 5.70. The highest BCUT2D eigenvalue weighted by atomic mass is 16.5. The normalized spacial score (nSPS) is 23.7. The monoisotopic (exact) mass is 304 g/mol. The minimum Gasteiger partial charge on any atom is -0.478 e. The highest BCUT2D eigenvalue weighted by molar-refractivity contribution is 5.73. The molecule has 1 spiro atoms. The van der Waals surface area contributed by atoms with E-state index in [0.29, 0.717) is 18.4 Å². The lowest BCUT2D eigenvalue weighted by molar-refractivity contribution is -0.135. The van der Waals surface area contributed by atoms with Crippen LogP contribution in [0.3, 0.4) is 0 Å². The van der Waals surface area contributed by atoms with Crippen LogP contribution in [0.1, 0.15) is 32.6 Å². The van der Waals surface area contributed by atoms with Gasteiger partial charge in [0.25, 0.3) is 0 Å². The van der Waals surface area contributed by atoms with Crippen LogP contribution < -0.4 is 4.74 Å². The maximum absolute atomic E-state index is 11.5. The van der Waals surface area contributed by atoms with Gasteiger partial charge >= 0.3 is 0 Å². The molecule has 0 saturated carbocycles. The minimum atomic E-state index is -0.0422. The Morgan fingerprint density at radius 1 is 1.45 bits per heavy atom. The lowest BCUT2D eigenvalue weighted by Gasteiger charge is -2.42. The fourth-order valence-electron chi connectivity index (χ4n) is 3.68. The lowest BCUT2D eigenvalue weighted by atomic mass is 9.78. The van der Waals surface area contributed by atoms with Gasteiger partial charge in [-0.2, -0.15) is 0 Å². The average Bonchev–Trinajstić information content (AvgIpc) is 2.91. The zero-order valence-corrected chi connectivity index (χ0v) is 13.2. The van der Waals surface area contributed by atoms with Crippen LogP contribution >= 0.6 is 0 Å². The molecule has 2 fully saturated rings. The number of ether oxygens (including phenoxy) is 2. The van der Waals surface area contributed by atoms with Crippen molar-refractivity contribution in [3.63, 3.8) is 0 Å². The van der Waals surface area contributed by atoms with Crippen LogP contribution in [0.15, 0.2) is 24.4 Å². The van der Waals surface area contributed by atoms with Gasteiger partial charge in [0.05, 0.1) is 12.2 Å². The summed E-state index contributed by atoms with van der Waals surface area (Å²) in [6.07, 6.45) is 5.71. The zero-order chi connectivity index (χ0) is 15.4. The van der Waals surface area contributed by atoms with E-state index < -0.39 is 0 Å². The molecule has 0 radical (unpaired) electrons. The number of nitrogens with zero attached hydrogens (tertiary/aromatic N) is 2. The Balaban J connectivity index is 1.52. The van der Waals surface area contributed by atoms with E-state index in [1.165, 1.54) is 0 Å². The predicted octanol–water partition coefficient (Wildman–Crippen LogP) is 2.27. The molecule has 1 atom stereocenters. The summed E-state index contributed by atoms with van der Waals surface area (Å²) in [5.41, 5.74) is -0.0422. The fraction of sp³-hybridized carbons (Fsp3) is 0.647. The van der Waals surface area contributed by atoms with E-state index in [4.69, 9.17) is 9.47 Å². The summed E-state index contributed by atoms with van der Waals surface area (Å²) in [4.78, 5) is 17.6. The Morgan fingerprint density at radius 2 is 2.27 bits per heavy atom. The summed E-state index contributed by atoms with van der Waals surface area (Å²) in [5.74, 6) is 1.37. The maximum atomic E-state index is 11.5. The van der Waals surface area contributed by atoms with Crippen LogP contribution in [0.2, 0.25) is 0 Å². The van der Waals surface area contributed by atoms with Gasteiger partial charge in [0.2, 0.25) is 11.8 Å². The third kappa shape index (κ3) is 3.24. The lowest BCUT2D eigenvalue weighted by Crippen LogP contribution is -2.49. The molecule has 22 heavy (non-hydrogen) atoms. The number of carbonyl (C=O) groups is 1. The minimum absolute atomic E-state index is 0.0422. The molecular weight excluding hydrogens is 280 g/mol. The molecule has 120 valence electrons. The fourth-order valence-corrected chi connectivity index (χ4v) is 3.68. The van der Waals surface area contributed by atoms with E-state index in [0.717, 1.165) is 45.4 Å². The maximum Gasteiger partial charge on any atom is 0.219 e. The van der Waals surface area contributed by atoms with Gasteiger partial charge in [-0.3, -0.25) is 4.79 Å². The SMILES string of the molecule is CC(=O)N1CCC2(CC1)OCCC2CCOc1ccccn1. The van der Waals surface area contributed by atoms with E-state index in [1.807, 2.05) is 23.1 Å². The molecular formula is C17H24N2O3. The summed E-state index contributed by atoms with van der Waals surface area (Å²) >= 11 is 0. The molecule has 3 heterocycles. The molecule has 1 amide bonds. The molecule has 5 nitrogen and oxygen atoms in total. The second-order valence-corrected chi connectivity index (χ2v) is 6.21. The van der Waals surface area contributed by atoms with Gasteiger partial charge in [-0.05, 0) is 37.7 Å². The Bertz CT molecular complexity index is 498. The standard InChI is InChI=1S/C17H24N2O3/c1-14(20)19-10-7-17(8-11-19)15(6-13-22-17)5-12-21-16-4-2-3-9-18-16/h2-4,9,15H,5-8,10-13H2,1H3. The summed E-state index contributed by atoms with van der Waals surface area (Å²) in [5, 5.41) is 0. The van der Waals surface area contributed by atoms with Crippen LogP contribution in [-0.4, -0.2) is 47.7 Å². The molecule has 0 N–H and O–H groups in total. The van der Waals surface area contributed by atoms with E-state index in [9.17, 15) is 4.79 Å². The first-order valence-electron chi connectivity index (χ1n) is 8.13. The molecule has 5 heteroatoms. The zero-order valence-electron chi connectivity index (χ0n) is 13.2. The van der Waals surface area contributed by atoms with Crippen LogP contribution in [0.4, 0.5) is 0 Å². The van der Waals surface area contributed by atoms with Crippen molar-refractivity contribution in [3.05, 3.63) is 24.4 Å². The summed E-state index contributed by atoms with van der Waals surface area (Å²) in [6.45, 7) is 4.77. The highest BCUT2D eigenvalue weighted by Gasteiger charge is 2.46. The molecule has 2 aliphatic heterocycles. The van der Waals surface area contributed by atoms with Gasteiger partial charge in [-0.1, -0.05) is 6.07 Å². The summed E-state index contributed by atoms with van der Waals surface area (Å²) in [7, 11) is 0. The quantitative estimate of drug-likeness (QED) is 0.856. The van der Waals surface area contributed by atoms with Crippen molar-refractivity contribution in [2.75, 3.05) is 26.3 Å². The highest BCUT2D eigenvalue weighted by Crippen LogP contribution is 2.42. The molecule has 0 bridgehead atoms. The van der Waals surface area contributed by atoms with Crippen molar-refractivity contribution in [1.29, 1.82) is 0 Å². The molecule has 3 rings (SSSR count). The Kier molecular flexibility index (Phi) is 4.62. The van der Waals surface area contributed by atoms with E-state index >= 15 is 0 Å². The Morgan fingerprint density at radius 3 is 2.95 bits per heavy atom. The predicted molar refractivity (Wildman–Crippen MR) is 82.6 cm³/mol. The number of hydrogen-bond donors (Lipinski definition) is 0. The van der Waals surface area contributed by atoms with Crippen LogP contribution in [0, 0.1) is 5.92 Å². The van der Waals surface area contributed by atoms with Crippen molar-refractivity contribution >= 4 is 5.91 Å². The van der Waals surface area contributed by atoms with Gasteiger partial charge in [0.15, 0.2) is 0 Å². The van der Waals surface area contributed by atoms with E-state index in [2.05, 4.69) is 4.98 Å². The first kappa shape index (κ1) is 15.3. The van der Waals surface area contributed by atoms with Gasteiger partial charge in [0, 0.05) is 38.9 Å². The van der Waals surface area contributed by atoms with Crippen LogP contribution in [0.25, 0.3) is 0 Å². The molecule has 1 aromatic rings. The number of hydrogen-bond acceptors (Lipinski definition) is 4. The van der Waals surface area contributed by atoms with E-state index in [1.54, 1.807) is 13.1 Å². The van der Waals surface area contributed by atoms with Gasteiger partial charge in [-0.25, -0.2) is 4.98 Å². The van der Waals surface area contributed by atoms with Crippen molar-refractivity contribution < 1.29 is 14.3 Å². The van der Waals surface area contributed by atoms with Gasteiger partial charge in [-0.15, -0.1) is 0 Å². The number of piperidine rings is 1. The number of pyridine rings is 1. The van der Waals surface area contributed by atoms with Crippen molar-refractivity contribution in [3.8, 4) is 5.88 Å². The molecule has 2 saturated heterocycles. The largest absolute Gasteiger partial charge is 0.478 e. The number of likely N-dealkylation sites (tertiary alicyclic amines) is 1. The first-order valence-corrected chi connectivity index (χ1v) is 8.13. The second-order valence-electron chi connectivity index (χ2n) is 6.21. The number of carbonyl (C=O) groups excluding carboxylic acids is 1. The van der Waals surface area contributed by atoms with Crippen molar-refractivity contribution in [1.82, 2.24) is 9.88 Å².